The zero-order valence-corrected chi connectivity index (χ0v) is 7.61. The van der Waals surface area contributed by atoms with Crippen LogP contribution in [0.4, 0.5) is 0 Å². The highest BCUT2D eigenvalue weighted by Gasteiger charge is 2.46. The van der Waals surface area contributed by atoms with E-state index in [1.165, 1.54) is 19.3 Å². The largest absolute Gasteiger partial charge is 0.0733 e. The molecule has 0 atom stereocenters. The van der Waals surface area contributed by atoms with Crippen molar-refractivity contribution in [3.05, 3.63) is 18.1 Å². The van der Waals surface area contributed by atoms with E-state index in [1.807, 2.05) is 0 Å². The van der Waals surface area contributed by atoms with E-state index in [0.717, 1.165) is 12.3 Å². The van der Waals surface area contributed by atoms with Crippen molar-refractivity contribution < 1.29 is 0 Å². The molecule has 0 aromatic heterocycles. The Morgan fingerprint density at radius 1 is 1.55 bits per heavy atom. The molecule has 0 unspecified atom stereocenters. The molecule has 0 saturated heterocycles. The van der Waals surface area contributed by atoms with Crippen molar-refractivity contribution in [2.75, 3.05) is 0 Å². The molecule has 0 heteroatoms. The Balaban J connectivity index is 2.33. The number of rotatable bonds is 1. The third kappa shape index (κ3) is 0.881. The molecule has 0 aliphatic heterocycles. The number of hydrogen-bond donors (Lipinski definition) is 0. The summed E-state index contributed by atoms with van der Waals surface area (Å²) in [7, 11) is 0. The molecular weight excluding hydrogens is 132 g/mol. The summed E-state index contributed by atoms with van der Waals surface area (Å²) >= 11 is 0. The monoisotopic (exact) mass is 149 g/mol. The number of fused-ring (bicyclic) bond motifs is 1. The predicted octanol–water partition coefficient (Wildman–Crippen LogP) is 3.35. The smallest absolute Gasteiger partial charge is 0.0108 e. The summed E-state index contributed by atoms with van der Waals surface area (Å²) < 4.78 is 0. The molecule has 0 spiro atoms. The Labute approximate surface area is 69.7 Å². The van der Waals surface area contributed by atoms with Gasteiger partial charge in [0.1, 0.15) is 0 Å². The molecule has 61 valence electrons. The normalized spacial score (nSPS) is 42.3. The SMILES string of the molecule is [CH2]CC1=C(C)CC2CC1(C)C2. The summed E-state index contributed by atoms with van der Waals surface area (Å²) in [6, 6.07) is 0. The van der Waals surface area contributed by atoms with Crippen LogP contribution in [-0.4, -0.2) is 0 Å². The van der Waals surface area contributed by atoms with Gasteiger partial charge < -0.3 is 0 Å². The molecule has 3 rings (SSSR count). The van der Waals surface area contributed by atoms with Gasteiger partial charge in [-0.25, -0.2) is 0 Å². The van der Waals surface area contributed by atoms with Crippen LogP contribution in [0.15, 0.2) is 11.1 Å². The lowest BCUT2D eigenvalue weighted by Gasteiger charge is -2.52. The zero-order valence-electron chi connectivity index (χ0n) is 7.61. The first-order valence-corrected chi connectivity index (χ1v) is 4.64. The van der Waals surface area contributed by atoms with Gasteiger partial charge >= 0.3 is 0 Å². The second kappa shape index (κ2) is 2.12. The maximum Gasteiger partial charge on any atom is -0.0108 e. The lowest BCUT2D eigenvalue weighted by Crippen LogP contribution is -2.40. The lowest BCUT2D eigenvalue weighted by molar-refractivity contribution is 0.0919. The average molecular weight is 149 g/mol. The fourth-order valence-electron chi connectivity index (χ4n) is 3.19. The Bertz CT molecular complexity index is 204. The highest BCUT2D eigenvalue weighted by atomic mass is 14.5. The molecule has 3 aliphatic carbocycles. The molecule has 1 radical (unpaired) electrons. The highest BCUT2D eigenvalue weighted by Crippen LogP contribution is 2.58. The van der Waals surface area contributed by atoms with Crippen LogP contribution in [0, 0.1) is 18.3 Å². The van der Waals surface area contributed by atoms with E-state index in [1.54, 1.807) is 11.1 Å². The molecule has 11 heavy (non-hydrogen) atoms. The van der Waals surface area contributed by atoms with Crippen LogP contribution in [0.3, 0.4) is 0 Å². The second-order valence-electron chi connectivity index (χ2n) is 4.55. The summed E-state index contributed by atoms with van der Waals surface area (Å²) in [5, 5.41) is 0. The van der Waals surface area contributed by atoms with Crippen LogP contribution < -0.4 is 0 Å². The van der Waals surface area contributed by atoms with Crippen LogP contribution >= 0.6 is 0 Å². The fraction of sp³-hybridized carbons (Fsp3) is 0.727. The van der Waals surface area contributed by atoms with Crippen LogP contribution in [-0.2, 0) is 0 Å². The van der Waals surface area contributed by atoms with E-state index >= 15 is 0 Å². The highest BCUT2D eigenvalue weighted by molar-refractivity contribution is 5.29. The van der Waals surface area contributed by atoms with Gasteiger partial charge in [0.05, 0.1) is 0 Å². The van der Waals surface area contributed by atoms with Crippen molar-refractivity contribution in [3.63, 3.8) is 0 Å². The lowest BCUT2D eigenvalue weighted by atomic mass is 9.53. The molecule has 1 fully saturated rings. The maximum absolute atomic E-state index is 4.02. The molecular formula is C11H17. The molecule has 1 saturated carbocycles. The van der Waals surface area contributed by atoms with Crippen molar-refractivity contribution in [1.29, 1.82) is 0 Å². The third-order valence-corrected chi connectivity index (χ3v) is 3.57. The van der Waals surface area contributed by atoms with E-state index in [9.17, 15) is 0 Å². The van der Waals surface area contributed by atoms with Gasteiger partial charge in [0.2, 0.25) is 0 Å². The summed E-state index contributed by atoms with van der Waals surface area (Å²) in [5.41, 5.74) is 3.89. The minimum atomic E-state index is 0.578. The standard InChI is InChI=1S/C11H17/c1-4-10-8(2)5-9-6-11(10,3)7-9/h9H,1,4-7H2,2-3H3. The minimum absolute atomic E-state index is 0.578. The van der Waals surface area contributed by atoms with Gasteiger partial charge in [-0.1, -0.05) is 18.1 Å². The van der Waals surface area contributed by atoms with E-state index in [2.05, 4.69) is 20.8 Å². The summed E-state index contributed by atoms with van der Waals surface area (Å²) in [6.07, 6.45) is 5.28. The van der Waals surface area contributed by atoms with Gasteiger partial charge in [-0.3, -0.25) is 0 Å². The molecule has 2 bridgehead atoms. The van der Waals surface area contributed by atoms with E-state index < -0.39 is 0 Å². The third-order valence-electron chi connectivity index (χ3n) is 3.57. The predicted molar refractivity (Wildman–Crippen MR) is 48.1 cm³/mol. The fourth-order valence-corrected chi connectivity index (χ4v) is 3.19. The zero-order chi connectivity index (χ0) is 8.06. The molecule has 0 aromatic carbocycles. The van der Waals surface area contributed by atoms with Crippen molar-refractivity contribution in [1.82, 2.24) is 0 Å². The van der Waals surface area contributed by atoms with Gasteiger partial charge in [0.15, 0.2) is 0 Å². The Morgan fingerprint density at radius 2 is 2.18 bits per heavy atom. The molecule has 0 amide bonds. The van der Waals surface area contributed by atoms with Crippen LogP contribution in [0.25, 0.3) is 0 Å². The summed E-state index contributed by atoms with van der Waals surface area (Å²) in [5.74, 6) is 1.02. The van der Waals surface area contributed by atoms with Crippen LogP contribution in [0.2, 0.25) is 0 Å². The molecule has 0 heterocycles. The minimum Gasteiger partial charge on any atom is -0.0733 e. The Morgan fingerprint density at radius 3 is 2.55 bits per heavy atom. The first-order chi connectivity index (χ1) is 5.15. The second-order valence-corrected chi connectivity index (χ2v) is 4.55. The molecule has 0 aromatic rings. The Kier molecular flexibility index (Phi) is 1.42. The van der Waals surface area contributed by atoms with Gasteiger partial charge in [-0.2, -0.15) is 0 Å². The molecule has 3 aliphatic rings. The maximum atomic E-state index is 4.02. The molecule has 0 nitrogen and oxygen atoms in total. The van der Waals surface area contributed by atoms with Gasteiger partial charge in [0, 0.05) is 0 Å². The number of allylic oxidation sites excluding steroid dienone is 2. The molecule has 0 N–H and O–H groups in total. The first-order valence-electron chi connectivity index (χ1n) is 4.64. The van der Waals surface area contributed by atoms with E-state index in [0.29, 0.717) is 5.41 Å². The average Bonchev–Trinajstić information content (AvgIpc) is 1.84. The quantitative estimate of drug-likeness (QED) is 0.501. The van der Waals surface area contributed by atoms with Crippen molar-refractivity contribution in [3.8, 4) is 0 Å². The van der Waals surface area contributed by atoms with Gasteiger partial charge in [-0.05, 0) is 50.9 Å². The van der Waals surface area contributed by atoms with Crippen molar-refractivity contribution >= 4 is 0 Å². The first kappa shape index (κ1) is 7.39. The van der Waals surface area contributed by atoms with Crippen LogP contribution in [0.5, 0.6) is 0 Å². The Hall–Kier alpha value is -0.260. The summed E-state index contributed by atoms with van der Waals surface area (Å²) in [4.78, 5) is 0. The topological polar surface area (TPSA) is 0 Å². The number of hydrogen-bond acceptors (Lipinski definition) is 0. The van der Waals surface area contributed by atoms with Crippen molar-refractivity contribution in [2.45, 2.75) is 39.5 Å². The van der Waals surface area contributed by atoms with Gasteiger partial charge in [0.25, 0.3) is 0 Å². The van der Waals surface area contributed by atoms with Crippen LogP contribution in [0.1, 0.15) is 39.5 Å². The summed E-state index contributed by atoms with van der Waals surface area (Å²) in [6.45, 7) is 8.73. The van der Waals surface area contributed by atoms with Crippen molar-refractivity contribution in [2.24, 2.45) is 11.3 Å². The van der Waals surface area contributed by atoms with E-state index in [4.69, 9.17) is 0 Å². The van der Waals surface area contributed by atoms with E-state index in [-0.39, 0.29) is 0 Å². The van der Waals surface area contributed by atoms with Gasteiger partial charge in [-0.15, -0.1) is 0 Å².